The lowest BCUT2D eigenvalue weighted by Gasteiger charge is -2.06. The zero-order chi connectivity index (χ0) is 14.8. The molecule has 2 heterocycles. The fraction of sp³-hybridized carbons (Fsp3) is 0.273. The van der Waals surface area contributed by atoms with E-state index in [9.17, 15) is 13.2 Å². The quantitative estimate of drug-likeness (QED) is 0.736. The summed E-state index contributed by atoms with van der Waals surface area (Å²) >= 11 is 1.53. The van der Waals surface area contributed by atoms with Crippen LogP contribution in [0.15, 0.2) is 21.7 Å². The molecular formula is C11H13N3O4S2. The molecule has 9 heteroatoms. The summed E-state index contributed by atoms with van der Waals surface area (Å²) in [5.74, 6) is -1.38. The molecule has 0 fully saturated rings. The van der Waals surface area contributed by atoms with E-state index in [1.54, 1.807) is 0 Å². The summed E-state index contributed by atoms with van der Waals surface area (Å²) in [6.45, 7) is 1.66. The van der Waals surface area contributed by atoms with Crippen molar-refractivity contribution in [3.8, 4) is 0 Å². The van der Waals surface area contributed by atoms with E-state index in [2.05, 4.69) is 14.9 Å². The van der Waals surface area contributed by atoms with Crippen molar-refractivity contribution >= 4 is 27.3 Å². The second kappa shape index (κ2) is 5.73. The number of aromatic carboxylic acids is 1. The number of hydrogen-bond acceptors (Lipinski definition) is 5. The summed E-state index contributed by atoms with van der Waals surface area (Å²) in [5, 5.41) is 18.7. The fourth-order valence-corrected chi connectivity index (χ4v) is 3.78. The molecule has 0 spiro atoms. The number of H-pyrrole nitrogens is 1. The van der Waals surface area contributed by atoms with E-state index in [-0.39, 0.29) is 17.1 Å². The SMILES string of the molecule is Cc1[nH]nc(C(=O)O)c1S(=O)(=O)NCCc1ccsc1. The van der Waals surface area contributed by atoms with Gasteiger partial charge in [-0.15, -0.1) is 0 Å². The lowest BCUT2D eigenvalue weighted by molar-refractivity contribution is 0.0686. The van der Waals surface area contributed by atoms with E-state index in [4.69, 9.17) is 5.11 Å². The highest BCUT2D eigenvalue weighted by Crippen LogP contribution is 2.17. The van der Waals surface area contributed by atoms with E-state index in [1.807, 2.05) is 16.8 Å². The molecule has 0 aliphatic heterocycles. The van der Waals surface area contributed by atoms with Gasteiger partial charge >= 0.3 is 5.97 Å². The maximum absolute atomic E-state index is 12.1. The van der Waals surface area contributed by atoms with Crippen molar-refractivity contribution in [2.24, 2.45) is 0 Å². The van der Waals surface area contributed by atoms with Crippen LogP contribution in [0.3, 0.4) is 0 Å². The number of thiophene rings is 1. The molecule has 3 N–H and O–H groups in total. The number of carboxylic acids is 1. The third-order valence-corrected chi connectivity index (χ3v) is 5.00. The van der Waals surface area contributed by atoms with Gasteiger partial charge in [-0.05, 0) is 35.7 Å². The molecule has 0 aliphatic rings. The van der Waals surface area contributed by atoms with Gasteiger partial charge in [-0.1, -0.05) is 0 Å². The summed E-state index contributed by atoms with van der Waals surface area (Å²) in [7, 11) is -3.90. The van der Waals surface area contributed by atoms with Crippen molar-refractivity contribution < 1.29 is 18.3 Å². The smallest absolute Gasteiger partial charge is 0.357 e. The second-order valence-corrected chi connectivity index (χ2v) is 6.59. The molecule has 0 radical (unpaired) electrons. The average molecular weight is 315 g/mol. The molecule has 0 aliphatic carbocycles. The number of aryl methyl sites for hydroxylation is 1. The maximum atomic E-state index is 12.1. The maximum Gasteiger partial charge on any atom is 0.357 e. The molecule has 0 bridgehead atoms. The summed E-state index contributed by atoms with van der Waals surface area (Å²) in [6, 6.07) is 1.91. The molecule has 108 valence electrons. The predicted molar refractivity (Wildman–Crippen MR) is 73.5 cm³/mol. The summed E-state index contributed by atoms with van der Waals surface area (Å²) in [6.07, 6.45) is 0.544. The van der Waals surface area contributed by atoms with Crippen LogP contribution in [0.1, 0.15) is 21.7 Å². The van der Waals surface area contributed by atoms with Crippen LogP contribution >= 0.6 is 11.3 Å². The van der Waals surface area contributed by atoms with Crippen molar-refractivity contribution in [2.75, 3.05) is 6.54 Å². The third-order valence-electron chi connectivity index (χ3n) is 2.65. The Morgan fingerprint density at radius 1 is 1.55 bits per heavy atom. The molecule has 0 atom stereocenters. The summed E-state index contributed by atoms with van der Waals surface area (Å²) < 4.78 is 26.7. The average Bonchev–Trinajstić information content (AvgIpc) is 2.98. The van der Waals surface area contributed by atoms with E-state index >= 15 is 0 Å². The van der Waals surface area contributed by atoms with Crippen LogP contribution in [0.5, 0.6) is 0 Å². The van der Waals surface area contributed by atoms with Crippen LogP contribution in [-0.2, 0) is 16.4 Å². The predicted octanol–water partition coefficient (Wildman–Crippen LogP) is 0.999. The van der Waals surface area contributed by atoms with Crippen LogP contribution in [0.2, 0.25) is 0 Å². The highest BCUT2D eigenvalue weighted by molar-refractivity contribution is 7.89. The Balaban J connectivity index is 2.14. The van der Waals surface area contributed by atoms with Gasteiger partial charge in [0.1, 0.15) is 4.90 Å². The van der Waals surface area contributed by atoms with Crippen molar-refractivity contribution in [3.05, 3.63) is 33.8 Å². The molecule has 20 heavy (non-hydrogen) atoms. The van der Waals surface area contributed by atoms with Gasteiger partial charge in [-0.2, -0.15) is 16.4 Å². The number of rotatable bonds is 6. The van der Waals surface area contributed by atoms with Crippen LogP contribution in [0.4, 0.5) is 0 Å². The molecule has 0 amide bonds. The van der Waals surface area contributed by atoms with E-state index < -0.39 is 21.7 Å². The van der Waals surface area contributed by atoms with Crippen molar-refractivity contribution in [3.63, 3.8) is 0 Å². The molecule has 2 aromatic heterocycles. The molecule has 0 saturated carbocycles. The van der Waals surface area contributed by atoms with Gasteiger partial charge in [0.05, 0.1) is 5.69 Å². The Kier molecular flexibility index (Phi) is 4.21. The van der Waals surface area contributed by atoms with Crippen LogP contribution < -0.4 is 4.72 Å². The van der Waals surface area contributed by atoms with Gasteiger partial charge in [0.2, 0.25) is 10.0 Å². The first-order valence-electron chi connectivity index (χ1n) is 5.71. The Morgan fingerprint density at radius 2 is 2.30 bits per heavy atom. The van der Waals surface area contributed by atoms with Gasteiger partial charge in [-0.3, -0.25) is 5.10 Å². The van der Waals surface area contributed by atoms with Crippen LogP contribution in [-0.4, -0.2) is 36.2 Å². The number of aromatic nitrogens is 2. The first-order valence-corrected chi connectivity index (χ1v) is 8.13. The number of hydrogen-bond donors (Lipinski definition) is 3. The van der Waals surface area contributed by atoms with E-state index in [0.29, 0.717) is 6.42 Å². The number of sulfonamides is 1. The van der Waals surface area contributed by atoms with Crippen molar-refractivity contribution in [1.29, 1.82) is 0 Å². The first-order chi connectivity index (χ1) is 9.42. The fourth-order valence-electron chi connectivity index (χ4n) is 1.73. The molecule has 0 saturated heterocycles. The van der Waals surface area contributed by atoms with Gasteiger partial charge in [0.25, 0.3) is 0 Å². The molecule has 2 aromatic rings. The topological polar surface area (TPSA) is 112 Å². The van der Waals surface area contributed by atoms with E-state index in [1.165, 1.54) is 18.3 Å². The zero-order valence-electron chi connectivity index (χ0n) is 10.6. The Bertz CT molecular complexity index is 704. The van der Waals surface area contributed by atoms with Crippen LogP contribution in [0, 0.1) is 6.92 Å². The number of nitrogens with one attached hydrogen (secondary N) is 2. The Labute approximate surface area is 119 Å². The highest BCUT2D eigenvalue weighted by atomic mass is 32.2. The van der Waals surface area contributed by atoms with Gasteiger partial charge in [-0.25, -0.2) is 17.9 Å². The number of aromatic amines is 1. The van der Waals surface area contributed by atoms with Crippen molar-refractivity contribution in [1.82, 2.24) is 14.9 Å². The lowest BCUT2D eigenvalue weighted by Crippen LogP contribution is -2.27. The van der Waals surface area contributed by atoms with Gasteiger partial charge < -0.3 is 5.11 Å². The molecule has 2 rings (SSSR count). The highest BCUT2D eigenvalue weighted by Gasteiger charge is 2.27. The lowest BCUT2D eigenvalue weighted by atomic mass is 10.2. The number of nitrogens with zero attached hydrogens (tertiary/aromatic N) is 1. The number of carbonyl (C=O) groups is 1. The molecule has 0 unspecified atom stereocenters. The minimum Gasteiger partial charge on any atom is -0.476 e. The Morgan fingerprint density at radius 3 is 2.90 bits per heavy atom. The molecular weight excluding hydrogens is 302 g/mol. The van der Waals surface area contributed by atoms with Crippen LogP contribution in [0.25, 0.3) is 0 Å². The molecule has 0 aromatic carbocycles. The summed E-state index contributed by atoms with van der Waals surface area (Å²) in [4.78, 5) is 10.7. The van der Waals surface area contributed by atoms with Gasteiger partial charge in [0.15, 0.2) is 5.69 Å². The zero-order valence-corrected chi connectivity index (χ0v) is 12.2. The Hall–Kier alpha value is -1.71. The third kappa shape index (κ3) is 3.06. The largest absolute Gasteiger partial charge is 0.476 e. The summed E-state index contributed by atoms with van der Waals surface area (Å²) in [5.41, 5.74) is 0.732. The minimum absolute atomic E-state index is 0.197. The van der Waals surface area contributed by atoms with E-state index in [0.717, 1.165) is 5.56 Å². The number of carboxylic acid groups (broad SMARTS) is 1. The van der Waals surface area contributed by atoms with Crippen molar-refractivity contribution in [2.45, 2.75) is 18.2 Å². The normalized spacial score (nSPS) is 11.7. The first kappa shape index (κ1) is 14.7. The monoisotopic (exact) mass is 315 g/mol. The minimum atomic E-state index is -3.90. The second-order valence-electron chi connectivity index (χ2n) is 4.11. The molecule has 7 nitrogen and oxygen atoms in total. The van der Waals surface area contributed by atoms with Gasteiger partial charge in [0, 0.05) is 6.54 Å². The standard InChI is InChI=1S/C11H13N3O4S2/c1-7-10(9(11(15)16)14-13-7)20(17,18)12-4-2-8-3-5-19-6-8/h3,5-6,12H,2,4H2,1H3,(H,13,14)(H,15,16).